The Morgan fingerprint density at radius 3 is 2.58 bits per heavy atom. The number of benzene rings is 1. The number of rotatable bonds is 4. The molecule has 2 unspecified atom stereocenters. The lowest BCUT2D eigenvalue weighted by Gasteiger charge is -2.49. The molecule has 26 heavy (non-hydrogen) atoms. The molecule has 1 amide bonds. The second-order valence-electron chi connectivity index (χ2n) is 7.09. The Labute approximate surface area is 157 Å². The van der Waals surface area contributed by atoms with E-state index in [-0.39, 0.29) is 11.9 Å². The summed E-state index contributed by atoms with van der Waals surface area (Å²) in [5.74, 6) is 0.620. The van der Waals surface area contributed by atoms with E-state index in [1.807, 2.05) is 30.3 Å². The van der Waals surface area contributed by atoms with Crippen molar-refractivity contribution in [3.63, 3.8) is 0 Å². The first-order valence-electron chi connectivity index (χ1n) is 9.06. The number of H-pyrrole nitrogens is 1. The van der Waals surface area contributed by atoms with Gasteiger partial charge in [0, 0.05) is 22.5 Å². The molecule has 2 atom stereocenters. The minimum atomic E-state index is 0.0128. The van der Waals surface area contributed by atoms with Crippen LogP contribution in [-0.4, -0.2) is 41.0 Å². The molecular formula is C20H22N4OS. The molecule has 5 nitrogen and oxygen atoms in total. The number of aromatic amines is 1. The molecule has 2 aromatic rings. The highest BCUT2D eigenvalue weighted by Gasteiger charge is 2.40. The first-order chi connectivity index (χ1) is 12.6. The van der Waals surface area contributed by atoms with Crippen molar-refractivity contribution in [2.24, 2.45) is 5.92 Å². The molecule has 0 saturated carbocycles. The molecule has 5 rings (SSSR count). The Kier molecular flexibility index (Phi) is 4.75. The van der Waals surface area contributed by atoms with Crippen LogP contribution in [0.15, 0.2) is 46.3 Å². The summed E-state index contributed by atoms with van der Waals surface area (Å²) in [7, 11) is 0. The second-order valence-corrected chi connectivity index (χ2v) is 8.20. The largest absolute Gasteiger partial charge is 0.347 e. The number of amides is 1. The molecule has 0 aliphatic carbocycles. The second kappa shape index (κ2) is 7.18. The first kappa shape index (κ1) is 17.2. The number of carbonyl (C=O) groups is 1. The van der Waals surface area contributed by atoms with Crippen molar-refractivity contribution >= 4 is 17.7 Å². The summed E-state index contributed by atoms with van der Waals surface area (Å²) in [5.41, 5.74) is 1.25. The smallest absolute Gasteiger partial charge is 0.251 e. The average molecular weight is 366 g/mol. The van der Waals surface area contributed by atoms with E-state index in [1.165, 1.54) is 12.8 Å². The highest BCUT2D eigenvalue weighted by atomic mass is 32.2. The Hall–Kier alpha value is -2.23. The topological polar surface area (TPSA) is 71.9 Å². The van der Waals surface area contributed by atoms with E-state index < -0.39 is 0 Å². The molecule has 3 aliphatic rings. The normalized spacial score (nSPS) is 27.1. The van der Waals surface area contributed by atoms with E-state index in [0.717, 1.165) is 23.0 Å². The monoisotopic (exact) mass is 366 g/mol. The Bertz CT molecular complexity index is 828. The van der Waals surface area contributed by atoms with Gasteiger partial charge in [-0.2, -0.15) is 5.26 Å². The van der Waals surface area contributed by atoms with E-state index >= 15 is 0 Å². The van der Waals surface area contributed by atoms with Gasteiger partial charge in [0.15, 0.2) is 0 Å². The van der Waals surface area contributed by atoms with Crippen LogP contribution < -0.4 is 5.32 Å². The average Bonchev–Trinajstić information content (AvgIpc) is 3.13. The molecule has 3 fully saturated rings. The minimum Gasteiger partial charge on any atom is -0.347 e. The van der Waals surface area contributed by atoms with Crippen molar-refractivity contribution < 1.29 is 4.79 Å². The fourth-order valence-corrected chi connectivity index (χ4v) is 4.90. The highest BCUT2D eigenvalue weighted by Crippen LogP contribution is 2.32. The summed E-state index contributed by atoms with van der Waals surface area (Å²) < 4.78 is 0. The molecule has 2 N–H and O–H groups in total. The number of hydrogen-bond acceptors (Lipinski definition) is 4. The minimum absolute atomic E-state index is 0.0128. The van der Waals surface area contributed by atoms with Gasteiger partial charge >= 0.3 is 0 Å². The van der Waals surface area contributed by atoms with Crippen LogP contribution in [0, 0.1) is 17.2 Å². The lowest BCUT2D eigenvalue weighted by atomic mass is 9.79. The fourth-order valence-electron chi connectivity index (χ4n) is 4.08. The number of nitrogens with zero attached hydrogens (tertiary/aromatic N) is 2. The zero-order valence-electron chi connectivity index (χ0n) is 14.7. The van der Waals surface area contributed by atoms with Gasteiger partial charge in [0.2, 0.25) is 0 Å². The van der Waals surface area contributed by atoms with Crippen LogP contribution in [-0.2, 0) is 0 Å². The summed E-state index contributed by atoms with van der Waals surface area (Å²) in [6.07, 6.45) is 2.37. The molecule has 0 radical (unpaired) electrons. The van der Waals surface area contributed by atoms with Gasteiger partial charge in [-0.1, -0.05) is 11.8 Å². The van der Waals surface area contributed by atoms with Crippen LogP contribution in [0.3, 0.4) is 0 Å². The zero-order chi connectivity index (χ0) is 18.1. The molecule has 4 heterocycles. The standard InChI is InChI=1S/C20H22N4OS/c1-13-19(14-8-10-24(13)11-9-14)23-20(25)15-2-5-17(6-3-15)26-18-7-4-16(12-21)22-18/h2-7,13-14,19,22H,8-11H2,1H3,(H,23,25). The van der Waals surface area contributed by atoms with Gasteiger partial charge in [-0.3, -0.25) is 9.69 Å². The quantitative estimate of drug-likeness (QED) is 0.871. The van der Waals surface area contributed by atoms with Crippen LogP contribution in [0.5, 0.6) is 0 Å². The summed E-state index contributed by atoms with van der Waals surface area (Å²) in [4.78, 5) is 19.2. The van der Waals surface area contributed by atoms with E-state index in [4.69, 9.17) is 5.26 Å². The maximum atomic E-state index is 12.7. The molecule has 0 spiro atoms. The SMILES string of the molecule is CC1C(NC(=O)c2ccc(Sc3ccc(C#N)[nH]3)cc2)C2CCN1CC2. The Morgan fingerprint density at radius 1 is 1.23 bits per heavy atom. The summed E-state index contributed by atoms with van der Waals surface area (Å²) in [6.45, 7) is 4.55. The van der Waals surface area contributed by atoms with Gasteiger partial charge in [-0.15, -0.1) is 0 Å². The van der Waals surface area contributed by atoms with Gasteiger partial charge in [-0.25, -0.2) is 0 Å². The van der Waals surface area contributed by atoms with Crippen LogP contribution in [0.1, 0.15) is 35.8 Å². The predicted molar refractivity (Wildman–Crippen MR) is 101 cm³/mol. The number of aromatic nitrogens is 1. The molecule has 6 heteroatoms. The first-order valence-corrected chi connectivity index (χ1v) is 9.87. The number of nitriles is 1. The number of hydrogen-bond donors (Lipinski definition) is 2. The van der Waals surface area contributed by atoms with Gasteiger partial charge in [0.05, 0.1) is 5.03 Å². The molecule has 3 saturated heterocycles. The Morgan fingerprint density at radius 2 is 1.96 bits per heavy atom. The zero-order valence-corrected chi connectivity index (χ0v) is 15.6. The van der Waals surface area contributed by atoms with Crippen LogP contribution in [0.4, 0.5) is 0 Å². The third kappa shape index (κ3) is 3.37. The van der Waals surface area contributed by atoms with Crippen molar-refractivity contribution in [2.75, 3.05) is 13.1 Å². The number of carbonyl (C=O) groups excluding carboxylic acids is 1. The van der Waals surface area contributed by atoms with Crippen molar-refractivity contribution in [1.29, 1.82) is 5.26 Å². The van der Waals surface area contributed by atoms with Crippen LogP contribution in [0.2, 0.25) is 0 Å². The van der Waals surface area contributed by atoms with Gasteiger partial charge < -0.3 is 10.3 Å². The van der Waals surface area contributed by atoms with Gasteiger partial charge in [-0.05, 0) is 75.2 Å². The molecule has 3 aliphatic heterocycles. The number of fused-ring (bicyclic) bond motifs is 3. The molecule has 134 valence electrons. The van der Waals surface area contributed by atoms with Crippen LogP contribution in [0.25, 0.3) is 0 Å². The Balaban J connectivity index is 1.40. The lowest BCUT2D eigenvalue weighted by Crippen LogP contribution is -2.62. The van der Waals surface area contributed by atoms with Crippen molar-refractivity contribution in [1.82, 2.24) is 15.2 Å². The van der Waals surface area contributed by atoms with Gasteiger partial charge in [0.25, 0.3) is 5.91 Å². The molecular weight excluding hydrogens is 344 g/mol. The van der Waals surface area contributed by atoms with Crippen LogP contribution >= 0.6 is 11.8 Å². The summed E-state index contributed by atoms with van der Waals surface area (Å²) in [6, 6.07) is 14.1. The number of piperidine rings is 3. The van der Waals surface area contributed by atoms with Crippen molar-refractivity contribution in [3.8, 4) is 6.07 Å². The number of nitrogens with one attached hydrogen (secondary N) is 2. The highest BCUT2D eigenvalue weighted by molar-refractivity contribution is 7.99. The summed E-state index contributed by atoms with van der Waals surface area (Å²) >= 11 is 1.55. The third-order valence-electron chi connectivity index (χ3n) is 5.60. The van der Waals surface area contributed by atoms with E-state index in [1.54, 1.807) is 17.8 Å². The van der Waals surface area contributed by atoms with Gasteiger partial charge in [0.1, 0.15) is 11.8 Å². The van der Waals surface area contributed by atoms with E-state index in [0.29, 0.717) is 23.2 Å². The predicted octanol–water partition coefficient (Wildman–Crippen LogP) is 3.25. The van der Waals surface area contributed by atoms with E-state index in [2.05, 4.69) is 28.2 Å². The van der Waals surface area contributed by atoms with Crippen molar-refractivity contribution in [3.05, 3.63) is 47.7 Å². The molecule has 1 aromatic carbocycles. The lowest BCUT2D eigenvalue weighted by molar-refractivity contribution is 0.0217. The van der Waals surface area contributed by atoms with E-state index in [9.17, 15) is 4.79 Å². The maximum absolute atomic E-state index is 12.7. The van der Waals surface area contributed by atoms with Crippen molar-refractivity contribution in [2.45, 2.75) is 41.8 Å². The summed E-state index contributed by atoms with van der Waals surface area (Å²) in [5, 5.41) is 13.1. The molecule has 1 aromatic heterocycles. The fraction of sp³-hybridized carbons (Fsp3) is 0.400. The molecule has 2 bridgehead atoms. The maximum Gasteiger partial charge on any atom is 0.251 e. The third-order valence-corrected chi connectivity index (χ3v) is 6.57.